The van der Waals surface area contributed by atoms with Crippen LogP contribution in [0.15, 0.2) is 53.6 Å². The highest BCUT2D eigenvalue weighted by atomic mass is 35.5. The van der Waals surface area contributed by atoms with Crippen LogP contribution in [0.2, 0.25) is 5.02 Å². The third-order valence-corrected chi connectivity index (χ3v) is 4.76. The SMILES string of the molecule is COc1ccc(Nc2nc(N/N=C/c3ccc(Cl)cc3)nc(N3CCOCC3)n2)cc1. The first-order valence-electron chi connectivity index (χ1n) is 9.74. The van der Waals surface area contributed by atoms with Crippen LogP contribution in [0.25, 0.3) is 0 Å². The van der Waals surface area contributed by atoms with Crippen LogP contribution in [0.5, 0.6) is 5.75 Å². The molecule has 1 saturated heterocycles. The molecule has 2 heterocycles. The number of nitrogens with one attached hydrogen (secondary N) is 2. The van der Waals surface area contributed by atoms with Crippen LogP contribution in [0.1, 0.15) is 5.56 Å². The van der Waals surface area contributed by atoms with Crippen molar-refractivity contribution in [2.24, 2.45) is 5.10 Å². The smallest absolute Gasteiger partial charge is 0.250 e. The lowest BCUT2D eigenvalue weighted by molar-refractivity contribution is 0.122. The maximum atomic E-state index is 5.92. The molecule has 4 rings (SSSR count). The highest BCUT2D eigenvalue weighted by Crippen LogP contribution is 2.21. The van der Waals surface area contributed by atoms with Gasteiger partial charge in [-0.05, 0) is 42.0 Å². The number of hydrazone groups is 1. The van der Waals surface area contributed by atoms with Crippen molar-refractivity contribution in [2.45, 2.75) is 0 Å². The summed E-state index contributed by atoms with van der Waals surface area (Å²) in [5.74, 6) is 2.07. The summed E-state index contributed by atoms with van der Waals surface area (Å²) in [6, 6.07) is 14.9. The molecule has 31 heavy (non-hydrogen) atoms. The number of ether oxygens (including phenoxy) is 2. The molecule has 0 aliphatic carbocycles. The highest BCUT2D eigenvalue weighted by molar-refractivity contribution is 6.30. The van der Waals surface area contributed by atoms with E-state index in [4.69, 9.17) is 21.1 Å². The molecule has 1 aliphatic heterocycles. The topological polar surface area (TPSA) is 96.8 Å². The van der Waals surface area contributed by atoms with Crippen LogP contribution in [0.4, 0.5) is 23.5 Å². The zero-order chi connectivity index (χ0) is 21.5. The number of methoxy groups -OCH3 is 1. The number of hydrogen-bond donors (Lipinski definition) is 2. The van der Waals surface area contributed by atoms with Gasteiger partial charge in [0.1, 0.15) is 5.75 Å². The number of rotatable bonds is 7. The van der Waals surface area contributed by atoms with Gasteiger partial charge in [0, 0.05) is 23.8 Å². The highest BCUT2D eigenvalue weighted by Gasteiger charge is 2.16. The molecule has 0 radical (unpaired) electrons. The number of anilines is 4. The summed E-state index contributed by atoms with van der Waals surface area (Å²) in [4.78, 5) is 15.6. The summed E-state index contributed by atoms with van der Waals surface area (Å²) in [5.41, 5.74) is 4.62. The number of halogens is 1. The number of benzene rings is 2. The Morgan fingerprint density at radius 2 is 1.71 bits per heavy atom. The molecule has 2 aromatic carbocycles. The third-order valence-electron chi connectivity index (χ3n) is 4.51. The number of aromatic nitrogens is 3. The van der Waals surface area contributed by atoms with Crippen LogP contribution in [0.3, 0.4) is 0 Å². The second-order valence-electron chi connectivity index (χ2n) is 6.66. The molecule has 0 atom stereocenters. The van der Waals surface area contributed by atoms with Gasteiger partial charge in [-0.25, -0.2) is 5.43 Å². The van der Waals surface area contributed by atoms with Crippen molar-refractivity contribution in [1.29, 1.82) is 0 Å². The molecule has 10 heteroatoms. The monoisotopic (exact) mass is 439 g/mol. The van der Waals surface area contributed by atoms with Gasteiger partial charge >= 0.3 is 0 Å². The molecule has 0 amide bonds. The fraction of sp³-hybridized carbons (Fsp3) is 0.238. The van der Waals surface area contributed by atoms with Crippen molar-refractivity contribution in [3.05, 3.63) is 59.1 Å². The van der Waals surface area contributed by atoms with E-state index in [1.54, 1.807) is 25.5 Å². The summed E-state index contributed by atoms with van der Waals surface area (Å²) in [7, 11) is 1.63. The molecule has 3 aromatic rings. The largest absolute Gasteiger partial charge is 0.497 e. The predicted octanol–water partition coefficient (Wildman–Crippen LogP) is 3.56. The first kappa shape index (κ1) is 20.8. The Kier molecular flexibility index (Phi) is 6.75. The molecule has 9 nitrogen and oxygen atoms in total. The Hall–Kier alpha value is -3.43. The summed E-state index contributed by atoms with van der Waals surface area (Å²) in [6.45, 7) is 2.67. The van der Waals surface area contributed by atoms with E-state index in [0.29, 0.717) is 49.2 Å². The van der Waals surface area contributed by atoms with E-state index in [9.17, 15) is 0 Å². The van der Waals surface area contributed by atoms with E-state index in [2.05, 4.69) is 35.7 Å². The first-order chi connectivity index (χ1) is 15.2. The molecule has 2 N–H and O–H groups in total. The van der Waals surface area contributed by atoms with E-state index in [0.717, 1.165) is 17.0 Å². The van der Waals surface area contributed by atoms with Gasteiger partial charge in [0.25, 0.3) is 0 Å². The molecule has 0 unspecified atom stereocenters. The van der Waals surface area contributed by atoms with Gasteiger partial charge < -0.3 is 19.7 Å². The number of nitrogens with zero attached hydrogens (tertiary/aromatic N) is 5. The zero-order valence-electron chi connectivity index (χ0n) is 17.0. The summed E-state index contributed by atoms with van der Waals surface area (Å²) in [5, 5.41) is 8.12. The minimum absolute atomic E-state index is 0.331. The minimum Gasteiger partial charge on any atom is -0.497 e. The molecule has 1 aromatic heterocycles. The van der Waals surface area contributed by atoms with E-state index >= 15 is 0 Å². The van der Waals surface area contributed by atoms with Gasteiger partial charge in [-0.2, -0.15) is 20.1 Å². The second kappa shape index (κ2) is 10.1. The summed E-state index contributed by atoms with van der Waals surface area (Å²) >= 11 is 5.92. The maximum Gasteiger partial charge on any atom is 0.250 e. The lowest BCUT2D eigenvalue weighted by Gasteiger charge is -2.27. The molecular formula is C21H22ClN7O2. The van der Waals surface area contributed by atoms with Gasteiger partial charge in [0.05, 0.1) is 26.5 Å². The summed E-state index contributed by atoms with van der Waals surface area (Å²) in [6.07, 6.45) is 1.67. The van der Waals surface area contributed by atoms with Crippen molar-refractivity contribution in [1.82, 2.24) is 15.0 Å². The Balaban J connectivity index is 1.55. The normalized spacial score (nSPS) is 13.9. The molecule has 1 aliphatic rings. The van der Waals surface area contributed by atoms with Crippen LogP contribution in [-0.4, -0.2) is 54.6 Å². The molecule has 0 spiro atoms. The van der Waals surface area contributed by atoms with Crippen molar-refractivity contribution in [3.8, 4) is 5.75 Å². The molecule has 0 saturated carbocycles. The zero-order valence-corrected chi connectivity index (χ0v) is 17.7. The van der Waals surface area contributed by atoms with E-state index in [1.165, 1.54) is 0 Å². The fourth-order valence-electron chi connectivity index (χ4n) is 2.89. The van der Waals surface area contributed by atoms with Crippen LogP contribution < -0.4 is 20.4 Å². The first-order valence-corrected chi connectivity index (χ1v) is 10.1. The Labute approximate surface area is 185 Å². The van der Waals surface area contributed by atoms with Gasteiger partial charge in [0.2, 0.25) is 17.8 Å². The molecular weight excluding hydrogens is 418 g/mol. The van der Waals surface area contributed by atoms with Crippen molar-refractivity contribution in [3.63, 3.8) is 0 Å². The van der Waals surface area contributed by atoms with Crippen molar-refractivity contribution >= 4 is 41.3 Å². The van der Waals surface area contributed by atoms with Crippen molar-refractivity contribution < 1.29 is 9.47 Å². The Morgan fingerprint density at radius 1 is 1.00 bits per heavy atom. The lowest BCUT2D eigenvalue weighted by atomic mass is 10.2. The summed E-state index contributed by atoms with van der Waals surface area (Å²) < 4.78 is 10.6. The van der Waals surface area contributed by atoms with E-state index in [-0.39, 0.29) is 0 Å². The van der Waals surface area contributed by atoms with Gasteiger partial charge in [-0.1, -0.05) is 23.7 Å². The molecule has 0 bridgehead atoms. The quantitative estimate of drug-likeness (QED) is 0.426. The van der Waals surface area contributed by atoms with Gasteiger partial charge in [0.15, 0.2) is 0 Å². The fourth-order valence-corrected chi connectivity index (χ4v) is 3.02. The standard InChI is InChI=1S/C21H22ClN7O2/c1-30-18-8-6-17(7-9-18)24-19-25-20(27-21(26-19)29-10-12-31-13-11-29)28-23-14-15-2-4-16(22)5-3-15/h2-9,14H,10-13H2,1H3,(H2,24,25,26,27,28)/b23-14+. The molecule has 160 valence electrons. The van der Waals surface area contributed by atoms with E-state index < -0.39 is 0 Å². The van der Waals surface area contributed by atoms with Gasteiger partial charge in [-0.15, -0.1) is 0 Å². The average Bonchev–Trinajstić information content (AvgIpc) is 2.81. The molecule has 1 fully saturated rings. The Bertz CT molecular complexity index is 1020. The minimum atomic E-state index is 0.331. The number of hydrogen-bond acceptors (Lipinski definition) is 9. The van der Waals surface area contributed by atoms with Crippen LogP contribution in [0, 0.1) is 0 Å². The predicted molar refractivity (Wildman–Crippen MR) is 122 cm³/mol. The van der Waals surface area contributed by atoms with Crippen LogP contribution >= 0.6 is 11.6 Å². The van der Waals surface area contributed by atoms with E-state index in [1.807, 2.05) is 36.4 Å². The Morgan fingerprint density at radius 3 is 2.42 bits per heavy atom. The number of morpholine rings is 1. The van der Waals surface area contributed by atoms with Crippen LogP contribution in [-0.2, 0) is 4.74 Å². The van der Waals surface area contributed by atoms with Gasteiger partial charge in [-0.3, -0.25) is 0 Å². The third kappa shape index (κ3) is 5.80. The lowest BCUT2D eigenvalue weighted by Crippen LogP contribution is -2.37. The van der Waals surface area contributed by atoms with Crippen molar-refractivity contribution in [2.75, 3.05) is 49.1 Å². The maximum absolute atomic E-state index is 5.92. The second-order valence-corrected chi connectivity index (χ2v) is 7.09. The average molecular weight is 440 g/mol.